The number of hydrogen-bond acceptors (Lipinski definition) is 2. The molecular weight excluding hydrogens is 731 g/mol. The van der Waals surface area contributed by atoms with Crippen LogP contribution in [0.15, 0.2) is 197 Å². The Balaban J connectivity index is 1.05. The van der Waals surface area contributed by atoms with Crippen LogP contribution in [0.1, 0.15) is 25.0 Å². The Morgan fingerprint density at radius 1 is 0.350 bits per heavy atom. The molecule has 0 N–H and O–H groups in total. The Hall–Kier alpha value is -7.62. The van der Waals surface area contributed by atoms with Crippen molar-refractivity contribution in [2.75, 3.05) is 0 Å². The van der Waals surface area contributed by atoms with Gasteiger partial charge in [-0.25, -0.2) is 0 Å². The van der Waals surface area contributed by atoms with Gasteiger partial charge in [-0.15, -0.1) is 0 Å². The molecule has 0 bridgehead atoms. The Bertz CT molecular complexity index is 3630. The molecule has 282 valence electrons. The molecule has 3 heterocycles. The molecule has 12 aromatic rings. The van der Waals surface area contributed by atoms with Crippen LogP contribution >= 0.6 is 0 Å². The van der Waals surface area contributed by atoms with Crippen molar-refractivity contribution in [3.8, 4) is 50.2 Å². The highest BCUT2D eigenvalue weighted by Gasteiger charge is 2.36. The molecule has 1 aliphatic carbocycles. The Kier molecular flexibility index (Phi) is 6.78. The molecule has 0 saturated heterocycles. The first-order chi connectivity index (χ1) is 29.5. The molecule has 1 aliphatic rings. The van der Waals surface area contributed by atoms with Gasteiger partial charge in [-0.1, -0.05) is 141 Å². The summed E-state index contributed by atoms with van der Waals surface area (Å²) in [5, 5.41) is 6.99. The van der Waals surface area contributed by atoms with Crippen LogP contribution in [0.3, 0.4) is 0 Å². The molecule has 60 heavy (non-hydrogen) atoms. The summed E-state index contributed by atoms with van der Waals surface area (Å²) in [5.41, 5.74) is 18.9. The summed E-state index contributed by atoms with van der Waals surface area (Å²) in [6, 6.07) is 68.2. The predicted octanol–water partition coefficient (Wildman–Crippen LogP) is 15.9. The van der Waals surface area contributed by atoms with Crippen molar-refractivity contribution in [1.82, 2.24) is 4.57 Å². The quantitative estimate of drug-likeness (QED) is 0.179. The molecule has 3 heteroatoms. The fraction of sp³-hybridized carbons (Fsp3) is 0.0526. The van der Waals surface area contributed by atoms with Crippen LogP contribution in [0.2, 0.25) is 0 Å². The predicted molar refractivity (Wildman–Crippen MR) is 249 cm³/mol. The van der Waals surface area contributed by atoms with E-state index in [1.807, 2.05) is 12.1 Å². The van der Waals surface area contributed by atoms with E-state index in [-0.39, 0.29) is 5.41 Å². The van der Waals surface area contributed by atoms with Gasteiger partial charge in [-0.3, -0.25) is 0 Å². The van der Waals surface area contributed by atoms with Gasteiger partial charge in [0.05, 0.1) is 11.0 Å². The lowest BCUT2D eigenvalue weighted by Crippen LogP contribution is -2.14. The van der Waals surface area contributed by atoms with Crippen molar-refractivity contribution in [2.24, 2.45) is 0 Å². The SMILES string of the molecule is CC1(C)c2ccccc2-c2cc3c4ccccc4n(-c4cccc(-c5cc(-c6cccc7c6oc6ccccc67)cc(-c6cccc7c6oc6ccccc67)c5)c4)c3cc21. The van der Waals surface area contributed by atoms with Gasteiger partial charge in [0.15, 0.2) is 0 Å². The van der Waals surface area contributed by atoms with E-state index >= 15 is 0 Å². The minimum Gasteiger partial charge on any atom is -0.455 e. The van der Waals surface area contributed by atoms with E-state index in [0.29, 0.717) is 0 Å². The third kappa shape index (κ3) is 4.66. The van der Waals surface area contributed by atoms with Gasteiger partial charge in [0.1, 0.15) is 22.3 Å². The second kappa shape index (κ2) is 12.2. The smallest absolute Gasteiger partial charge is 0.143 e. The topological polar surface area (TPSA) is 31.2 Å². The van der Waals surface area contributed by atoms with Crippen molar-refractivity contribution < 1.29 is 8.83 Å². The molecule has 9 aromatic carbocycles. The number of fused-ring (bicyclic) bond motifs is 12. The number of hydrogen-bond donors (Lipinski definition) is 0. The molecule has 0 unspecified atom stereocenters. The van der Waals surface area contributed by atoms with Gasteiger partial charge in [0.25, 0.3) is 0 Å². The highest BCUT2D eigenvalue weighted by molar-refractivity contribution is 6.13. The first-order valence-electron chi connectivity index (χ1n) is 20.7. The summed E-state index contributed by atoms with van der Waals surface area (Å²) in [7, 11) is 0. The zero-order chi connectivity index (χ0) is 39.7. The average molecular weight is 768 g/mol. The second-order valence-corrected chi connectivity index (χ2v) is 16.8. The monoisotopic (exact) mass is 767 g/mol. The number of aromatic nitrogens is 1. The minimum absolute atomic E-state index is 0.106. The minimum atomic E-state index is -0.106. The van der Waals surface area contributed by atoms with Crippen LogP contribution in [-0.4, -0.2) is 4.57 Å². The van der Waals surface area contributed by atoms with Gasteiger partial charge in [0, 0.05) is 54.5 Å². The summed E-state index contributed by atoms with van der Waals surface area (Å²) >= 11 is 0. The van der Waals surface area contributed by atoms with Crippen LogP contribution in [0, 0.1) is 0 Å². The number of nitrogens with zero attached hydrogens (tertiary/aromatic N) is 1. The summed E-state index contributed by atoms with van der Waals surface area (Å²) in [6.45, 7) is 4.72. The van der Waals surface area contributed by atoms with Crippen molar-refractivity contribution in [3.63, 3.8) is 0 Å². The van der Waals surface area contributed by atoms with E-state index in [1.54, 1.807) is 0 Å². The molecular formula is C57H37NO2. The molecule has 3 aromatic heterocycles. The van der Waals surface area contributed by atoms with E-state index in [2.05, 4.69) is 194 Å². The molecule has 0 saturated carbocycles. The van der Waals surface area contributed by atoms with Gasteiger partial charge < -0.3 is 13.4 Å². The molecule has 0 fully saturated rings. The Morgan fingerprint density at radius 3 is 1.60 bits per heavy atom. The van der Waals surface area contributed by atoms with E-state index in [4.69, 9.17) is 8.83 Å². The molecule has 3 nitrogen and oxygen atoms in total. The summed E-state index contributed by atoms with van der Waals surface area (Å²) < 4.78 is 15.7. The van der Waals surface area contributed by atoms with Crippen molar-refractivity contribution >= 4 is 65.7 Å². The summed E-state index contributed by atoms with van der Waals surface area (Å²) in [6.07, 6.45) is 0. The van der Waals surface area contributed by atoms with Gasteiger partial charge in [0.2, 0.25) is 0 Å². The molecule has 0 aliphatic heterocycles. The summed E-state index contributed by atoms with van der Waals surface area (Å²) in [5.74, 6) is 0. The maximum absolute atomic E-state index is 6.63. The molecule has 0 atom stereocenters. The number of furan rings is 2. The third-order valence-corrected chi connectivity index (χ3v) is 13.2. The van der Waals surface area contributed by atoms with Crippen LogP contribution in [-0.2, 0) is 5.41 Å². The molecule has 0 radical (unpaired) electrons. The fourth-order valence-corrected chi connectivity index (χ4v) is 10.3. The van der Waals surface area contributed by atoms with Crippen LogP contribution in [0.4, 0.5) is 0 Å². The lowest BCUT2D eigenvalue weighted by Gasteiger charge is -2.21. The number of benzene rings is 9. The van der Waals surface area contributed by atoms with Crippen LogP contribution < -0.4 is 0 Å². The maximum atomic E-state index is 6.63. The Labute approximate surface area is 346 Å². The standard InChI is InChI=1S/C57H37NO2/c1-57(2)49-24-7-3-16-41(49)47-32-48-42-17-4-8-25-51(42)58(52(48)33-50(47)57)38-15-11-14-34(31-38)35-28-36(39-20-12-22-45-43-18-5-9-26-53(43)59-55(39)45)30-37(29-35)40-21-13-23-46-44-19-6-10-27-54(44)60-56(40)46/h3-33H,1-2H3. The fourth-order valence-electron chi connectivity index (χ4n) is 10.3. The number of rotatable bonds is 4. The van der Waals surface area contributed by atoms with Crippen LogP contribution in [0.25, 0.3) is 116 Å². The normalized spacial score (nSPS) is 13.3. The zero-order valence-corrected chi connectivity index (χ0v) is 33.2. The first-order valence-corrected chi connectivity index (χ1v) is 20.7. The lowest BCUT2D eigenvalue weighted by molar-refractivity contribution is 0.661. The first kappa shape index (κ1) is 33.4. The largest absolute Gasteiger partial charge is 0.455 e. The second-order valence-electron chi connectivity index (χ2n) is 16.8. The van der Waals surface area contributed by atoms with Crippen LogP contribution in [0.5, 0.6) is 0 Å². The summed E-state index contributed by atoms with van der Waals surface area (Å²) in [4.78, 5) is 0. The molecule has 13 rings (SSSR count). The maximum Gasteiger partial charge on any atom is 0.143 e. The van der Waals surface area contributed by atoms with Gasteiger partial charge >= 0.3 is 0 Å². The molecule has 0 spiro atoms. The van der Waals surface area contributed by atoms with Crippen molar-refractivity contribution in [3.05, 3.63) is 199 Å². The molecule has 0 amide bonds. The highest BCUT2D eigenvalue weighted by atomic mass is 16.3. The van der Waals surface area contributed by atoms with E-state index in [0.717, 1.165) is 82.9 Å². The van der Waals surface area contributed by atoms with E-state index < -0.39 is 0 Å². The van der Waals surface area contributed by atoms with Crippen molar-refractivity contribution in [1.29, 1.82) is 0 Å². The Morgan fingerprint density at radius 2 is 0.900 bits per heavy atom. The number of para-hydroxylation sites is 5. The third-order valence-electron chi connectivity index (χ3n) is 13.2. The lowest BCUT2D eigenvalue weighted by atomic mass is 9.82. The zero-order valence-electron chi connectivity index (χ0n) is 33.2. The van der Waals surface area contributed by atoms with Gasteiger partial charge in [-0.05, 0) is 105 Å². The highest BCUT2D eigenvalue weighted by Crippen LogP contribution is 2.51. The van der Waals surface area contributed by atoms with Crippen molar-refractivity contribution in [2.45, 2.75) is 19.3 Å². The average Bonchev–Trinajstić information content (AvgIpc) is 4.02. The van der Waals surface area contributed by atoms with E-state index in [1.165, 1.54) is 44.1 Å². The van der Waals surface area contributed by atoms with Gasteiger partial charge in [-0.2, -0.15) is 0 Å². The van der Waals surface area contributed by atoms with E-state index in [9.17, 15) is 0 Å².